The molecular formula is C17H20FNO2. The molecule has 1 saturated carbocycles. The number of rotatable bonds is 4. The molecular weight excluding hydrogens is 269 g/mol. The van der Waals surface area contributed by atoms with Crippen LogP contribution in [0.15, 0.2) is 18.2 Å². The lowest BCUT2D eigenvalue weighted by Crippen LogP contribution is -2.37. The van der Waals surface area contributed by atoms with Crippen molar-refractivity contribution in [2.45, 2.75) is 26.2 Å². The Bertz CT molecular complexity index is 570. The van der Waals surface area contributed by atoms with Crippen LogP contribution in [-0.2, 0) is 0 Å². The van der Waals surface area contributed by atoms with Crippen molar-refractivity contribution in [3.63, 3.8) is 0 Å². The van der Waals surface area contributed by atoms with Gasteiger partial charge in [0, 0.05) is 18.7 Å². The molecule has 1 amide bonds. The highest BCUT2D eigenvalue weighted by atomic mass is 19.1. The molecule has 3 nitrogen and oxygen atoms in total. The average Bonchev–Trinajstić information content (AvgIpc) is 2.43. The Morgan fingerprint density at radius 1 is 1.48 bits per heavy atom. The first-order valence-electron chi connectivity index (χ1n) is 7.34. The van der Waals surface area contributed by atoms with Crippen LogP contribution in [-0.4, -0.2) is 35.6 Å². The zero-order valence-corrected chi connectivity index (χ0v) is 12.2. The Labute approximate surface area is 124 Å². The van der Waals surface area contributed by atoms with Gasteiger partial charge in [0.25, 0.3) is 5.91 Å². The van der Waals surface area contributed by atoms with Crippen LogP contribution in [0.4, 0.5) is 4.39 Å². The van der Waals surface area contributed by atoms with Gasteiger partial charge in [-0.15, -0.1) is 0 Å². The molecule has 21 heavy (non-hydrogen) atoms. The van der Waals surface area contributed by atoms with Gasteiger partial charge in [-0.05, 0) is 43.9 Å². The number of hydrogen-bond donors (Lipinski definition) is 1. The van der Waals surface area contributed by atoms with Gasteiger partial charge in [0.15, 0.2) is 0 Å². The van der Waals surface area contributed by atoms with Gasteiger partial charge in [-0.25, -0.2) is 4.39 Å². The third kappa shape index (κ3) is 3.83. The second kappa shape index (κ2) is 7.24. The quantitative estimate of drug-likeness (QED) is 0.865. The molecule has 0 aromatic heterocycles. The maximum absolute atomic E-state index is 14.1. The first kappa shape index (κ1) is 15.5. The Hall–Kier alpha value is -1.86. The van der Waals surface area contributed by atoms with Crippen molar-refractivity contribution in [2.75, 3.05) is 19.7 Å². The summed E-state index contributed by atoms with van der Waals surface area (Å²) in [7, 11) is 0. The molecule has 0 spiro atoms. The fraction of sp³-hybridized carbons (Fsp3) is 0.471. The minimum atomic E-state index is -0.559. The van der Waals surface area contributed by atoms with Crippen molar-refractivity contribution in [1.29, 1.82) is 0 Å². The Balaban J connectivity index is 2.13. The summed E-state index contributed by atoms with van der Waals surface area (Å²) in [6.45, 7) is 2.94. The second-order valence-corrected chi connectivity index (χ2v) is 5.30. The van der Waals surface area contributed by atoms with Crippen molar-refractivity contribution in [3.05, 3.63) is 35.1 Å². The minimum Gasteiger partial charge on any atom is -0.384 e. The van der Waals surface area contributed by atoms with Crippen molar-refractivity contribution in [3.8, 4) is 11.8 Å². The largest absolute Gasteiger partial charge is 0.384 e. The zero-order chi connectivity index (χ0) is 15.2. The van der Waals surface area contributed by atoms with Gasteiger partial charge in [0.2, 0.25) is 0 Å². The van der Waals surface area contributed by atoms with Gasteiger partial charge in [-0.3, -0.25) is 4.79 Å². The van der Waals surface area contributed by atoms with Crippen LogP contribution in [0.25, 0.3) is 0 Å². The van der Waals surface area contributed by atoms with E-state index in [1.807, 2.05) is 6.92 Å². The van der Waals surface area contributed by atoms with E-state index in [9.17, 15) is 9.18 Å². The summed E-state index contributed by atoms with van der Waals surface area (Å²) in [5.41, 5.74) is 0.547. The number of aliphatic hydroxyl groups is 1. The van der Waals surface area contributed by atoms with E-state index in [0.717, 1.165) is 12.8 Å². The summed E-state index contributed by atoms with van der Waals surface area (Å²) in [6.07, 6.45) is 3.53. The van der Waals surface area contributed by atoms with E-state index < -0.39 is 5.82 Å². The van der Waals surface area contributed by atoms with Crippen molar-refractivity contribution in [1.82, 2.24) is 4.90 Å². The van der Waals surface area contributed by atoms with E-state index in [4.69, 9.17) is 5.11 Å². The number of aliphatic hydroxyl groups excluding tert-OH is 1. The molecule has 2 rings (SSSR count). The molecule has 0 atom stereocenters. The van der Waals surface area contributed by atoms with Crippen LogP contribution < -0.4 is 0 Å². The zero-order valence-electron chi connectivity index (χ0n) is 12.2. The number of carbonyl (C=O) groups is 1. The second-order valence-electron chi connectivity index (χ2n) is 5.30. The highest BCUT2D eigenvalue weighted by molar-refractivity contribution is 5.94. The van der Waals surface area contributed by atoms with Crippen LogP contribution in [0.2, 0.25) is 0 Å². The number of hydrogen-bond acceptors (Lipinski definition) is 2. The molecule has 1 aliphatic carbocycles. The summed E-state index contributed by atoms with van der Waals surface area (Å²) in [6, 6.07) is 4.33. The minimum absolute atomic E-state index is 0.0886. The maximum atomic E-state index is 14.1. The van der Waals surface area contributed by atoms with Crippen LogP contribution in [0.1, 0.15) is 42.1 Å². The van der Waals surface area contributed by atoms with Crippen molar-refractivity contribution >= 4 is 5.91 Å². The summed E-state index contributed by atoms with van der Waals surface area (Å²) >= 11 is 0. The van der Waals surface area contributed by atoms with E-state index >= 15 is 0 Å². The maximum Gasteiger partial charge on any atom is 0.256 e. The third-order valence-electron chi connectivity index (χ3n) is 3.88. The Morgan fingerprint density at radius 3 is 2.76 bits per heavy atom. The van der Waals surface area contributed by atoms with E-state index in [1.54, 1.807) is 11.0 Å². The lowest BCUT2D eigenvalue weighted by Gasteiger charge is -2.31. The normalized spacial score (nSPS) is 14.0. The molecule has 1 fully saturated rings. The predicted octanol–water partition coefficient (Wildman–Crippen LogP) is 2.43. The Kier molecular flexibility index (Phi) is 5.35. The third-order valence-corrected chi connectivity index (χ3v) is 3.88. The molecule has 0 unspecified atom stereocenters. The summed E-state index contributed by atoms with van der Waals surface area (Å²) < 4.78 is 14.1. The van der Waals surface area contributed by atoms with Gasteiger partial charge in [-0.2, -0.15) is 0 Å². The lowest BCUT2D eigenvalue weighted by molar-refractivity contribution is 0.0702. The van der Waals surface area contributed by atoms with Crippen molar-refractivity contribution < 1.29 is 14.3 Å². The average molecular weight is 289 g/mol. The van der Waals surface area contributed by atoms with Gasteiger partial charge in [-0.1, -0.05) is 18.3 Å². The first-order chi connectivity index (χ1) is 10.2. The molecule has 1 aromatic rings. The SMILES string of the molecule is CCN(CC1CCC1)C(=O)c1ccc(C#CCO)cc1F. The topological polar surface area (TPSA) is 40.5 Å². The van der Waals surface area contributed by atoms with Gasteiger partial charge in [0.05, 0.1) is 5.56 Å². The summed E-state index contributed by atoms with van der Waals surface area (Å²) in [5.74, 6) is 4.83. The number of benzene rings is 1. The van der Waals surface area contributed by atoms with Gasteiger partial charge >= 0.3 is 0 Å². The molecule has 0 saturated heterocycles. The van der Waals surface area contributed by atoms with Crippen LogP contribution in [0.3, 0.4) is 0 Å². The number of halogens is 1. The van der Waals surface area contributed by atoms with E-state index in [-0.39, 0.29) is 18.1 Å². The molecule has 0 bridgehead atoms. The number of amides is 1. The molecule has 0 aliphatic heterocycles. The standard InChI is InChI=1S/C17H20FNO2/c1-2-19(12-14-5-3-6-14)17(21)15-9-8-13(7-4-10-20)11-16(15)18/h8-9,11,14,20H,2-3,5-6,10,12H2,1H3. The lowest BCUT2D eigenvalue weighted by atomic mass is 9.85. The summed E-state index contributed by atoms with van der Waals surface area (Å²) in [4.78, 5) is 14.1. The highest BCUT2D eigenvalue weighted by Crippen LogP contribution is 2.27. The first-order valence-corrected chi connectivity index (χ1v) is 7.34. The molecule has 1 N–H and O–H groups in total. The number of carbonyl (C=O) groups excluding carboxylic acids is 1. The highest BCUT2D eigenvalue weighted by Gasteiger charge is 2.24. The van der Waals surface area contributed by atoms with Crippen LogP contribution in [0.5, 0.6) is 0 Å². The monoisotopic (exact) mass is 289 g/mol. The van der Waals surface area contributed by atoms with E-state index in [1.165, 1.54) is 18.6 Å². The van der Waals surface area contributed by atoms with Crippen LogP contribution in [0, 0.1) is 23.6 Å². The van der Waals surface area contributed by atoms with Crippen LogP contribution >= 0.6 is 0 Å². The molecule has 1 aromatic carbocycles. The molecule has 0 radical (unpaired) electrons. The smallest absolute Gasteiger partial charge is 0.256 e. The molecule has 112 valence electrons. The molecule has 4 heteroatoms. The fourth-order valence-corrected chi connectivity index (χ4v) is 2.42. The van der Waals surface area contributed by atoms with E-state index in [0.29, 0.717) is 24.6 Å². The fourth-order valence-electron chi connectivity index (χ4n) is 2.42. The molecule has 0 heterocycles. The molecule has 1 aliphatic rings. The van der Waals surface area contributed by atoms with Gasteiger partial charge in [0.1, 0.15) is 12.4 Å². The van der Waals surface area contributed by atoms with Gasteiger partial charge < -0.3 is 10.0 Å². The summed E-state index contributed by atoms with van der Waals surface area (Å²) in [5, 5.41) is 8.63. The Morgan fingerprint density at radius 2 is 2.24 bits per heavy atom. The van der Waals surface area contributed by atoms with Crippen molar-refractivity contribution in [2.24, 2.45) is 5.92 Å². The predicted molar refractivity (Wildman–Crippen MR) is 79.3 cm³/mol. The number of nitrogens with zero attached hydrogens (tertiary/aromatic N) is 1. The van der Waals surface area contributed by atoms with E-state index in [2.05, 4.69) is 11.8 Å².